The van der Waals surface area contributed by atoms with Gasteiger partial charge in [0.05, 0.1) is 20.3 Å². The summed E-state index contributed by atoms with van der Waals surface area (Å²) in [5.41, 5.74) is 1.10. The number of carbonyl (C=O) groups is 1. The van der Waals surface area contributed by atoms with E-state index in [1.165, 1.54) is 4.68 Å². The summed E-state index contributed by atoms with van der Waals surface area (Å²) >= 11 is 0. The van der Waals surface area contributed by atoms with Crippen molar-refractivity contribution in [3.8, 4) is 5.75 Å². The third-order valence-electron chi connectivity index (χ3n) is 6.24. The maximum atomic E-state index is 12.9. The number of methoxy groups -OCH3 is 2. The minimum atomic E-state index is -0.0550. The molecule has 0 bridgehead atoms. The van der Waals surface area contributed by atoms with Gasteiger partial charge in [-0.3, -0.25) is 4.57 Å². The topological polar surface area (TPSA) is 90.6 Å². The van der Waals surface area contributed by atoms with Crippen LogP contribution in [0.25, 0.3) is 0 Å². The summed E-state index contributed by atoms with van der Waals surface area (Å²) < 4.78 is 13.7. The molecule has 1 saturated heterocycles. The number of piperidine rings is 1. The molecule has 2 aliphatic rings. The summed E-state index contributed by atoms with van der Waals surface area (Å²) in [4.78, 5) is 27.5. The maximum Gasteiger partial charge on any atom is 0.346 e. The SMILES string of the molecule is COCCn1nc(C2CCCN(C(=O)NCCc3ccc(OC)cc3)C2)n(C2CC2)c1=O. The minimum Gasteiger partial charge on any atom is -0.497 e. The highest BCUT2D eigenvalue weighted by Crippen LogP contribution is 2.37. The molecule has 174 valence electrons. The number of hydrogen-bond acceptors (Lipinski definition) is 5. The summed E-state index contributed by atoms with van der Waals surface area (Å²) in [7, 11) is 3.27. The average Bonchev–Trinajstić information content (AvgIpc) is 3.61. The highest BCUT2D eigenvalue weighted by molar-refractivity contribution is 5.74. The molecule has 0 radical (unpaired) electrons. The van der Waals surface area contributed by atoms with Crippen molar-refractivity contribution in [2.24, 2.45) is 0 Å². The Bertz CT molecular complexity index is 964. The number of amides is 2. The molecule has 1 saturated carbocycles. The molecule has 1 aliphatic heterocycles. The fourth-order valence-corrected chi connectivity index (χ4v) is 4.30. The second-order valence-electron chi connectivity index (χ2n) is 8.57. The van der Waals surface area contributed by atoms with E-state index in [4.69, 9.17) is 9.47 Å². The fraction of sp³-hybridized carbons (Fsp3) is 0.609. The number of nitrogens with zero attached hydrogens (tertiary/aromatic N) is 4. The van der Waals surface area contributed by atoms with Gasteiger partial charge in [0.1, 0.15) is 11.6 Å². The number of benzene rings is 1. The van der Waals surface area contributed by atoms with Crippen LogP contribution in [-0.2, 0) is 17.7 Å². The van der Waals surface area contributed by atoms with Crippen molar-refractivity contribution < 1.29 is 14.3 Å². The van der Waals surface area contributed by atoms with Crippen LogP contribution in [-0.4, -0.2) is 65.7 Å². The van der Waals surface area contributed by atoms with Crippen molar-refractivity contribution in [3.63, 3.8) is 0 Å². The lowest BCUT2D eigenvalue weighted by Gasteiger charge is -2.32. The summed E-state index contributed by atoms with van der Waals surface area (Å²) in [6.07, 6.45) is 4.64. The van der Waals surface area contributed by atoms with Crippen LogP contribution >= 0.6 is 0 Å². The number of urea groups is 1. The normalized spacial score (nSPS) is 18.6. The van der Waals surface area contributed by atoms with E-state index in [9.17, 15) is 9.59 Å². The van der Waals surface area contributed by atoms with Crippen molar-refractivity contribution in [2.75, 3.05) is 40.5 Å². The molecular weight excluding hydrogens is 410 g/mol. The van der Waals surface area contributed by atoms with E-state index in [1.54, 1.807) is 14.2 Å². The van der Waals surface area contributed by atoms with Crippen LogP contribution in [0.4, 0.5) is 4.79 Å². The lowest BCUT2D eigenvalue weighted by Crippen LogP contribution is -2.46. The summed E-state index contributed by atoms with van der Waals surface area (Å²) in [6, 6.07) is 8.08. The van der Waals surface area contributed by atoms with E-state index >= 15 is 0 Å². The van der Waals surface area contributed by atoms with Crippen molar-refractivity contribution in [3.05, 3.63) is 46.1 Å². The zero-order valence-electron chi connectivity index (χ0n) is 19.0. The van der Waals surface area contributed by atoms with Gasteiger partial charge in [0.15, 0.2) is 0 Å². The maximum absolute atomic E-state index is 12.9. The molecule has 0 spiro atoms. The molecule has 9 nitrogen and oxygen atoms in total. The van der Waals surface area contributed by atoms with Gasteiger partial charge in [-0.15, -0.1) is 0 Å². The molecule has 1 N–H and O–H groups in total. The van der Waals surface area contributed by atoms with Gasteiger partial charge in [-0.1, -0.05) is 12.1 Å². The number of carbonyl (C=O) groups excluding carboxylic acids is 1. The minimum absolute atomic E-state index is 0.0534. The van der Waals surface area contributed by atoms with E-state index in [1.807, 2.05) is 33.7 Å². The van der Waals surface area contributed by atoms with Crippen LogP contribution in [0.5, 0.6) is 5.75 Å². The van der Waals surface area contributed by atoms with Gasteiger partial charge >= 0.3 is 11.7 Å². The molecule has 1 aromatic carbocycles. The van der Waals surface area contributed by atoms with Crippen molar-refractivity contribution in [1.29, 1.82) is 0 Å². The number of nitrogens with one attached hydrogen (secondary N) is 1. The van der Waals surface area contributed by atoms with Gasteiger partial charge in [0.25, 0.3) is 0 Å². The van der Waals surface area contributed by atoms with Crippen LogP contribution in [0.1, 0.15) is 49.0 Å². The lowest BCUT2D eigenvalue weighted by atomic mass is 9.97. The Kier molecular flexibility index (Phi) is 7.14. The number of likely N-dealkylation sites (tertiary alicyclic amines) is 1. The molecule has 2 aromatic rings. The molecule has 2 heterocycles. The first kappa shape index (κ1) is 22.4. The van der Waals surface area contributed by atoms with Crippen LogP contribution in [0.3, 0.4) is 0 Å². The third-order valence-corrected chi connectivity index (χ3v) is 6.24. The highest BCUT2D eigenvalue weighted by atomic mass is 16.5. The Hall–Kier alpha value is -2.81. The van der Waals surface area contributed by atoms with E-state index in [2.05, 4.69) is 10.4 Å². The van der Waals surface area contributed by atoms with E-state index < -0.39 is 0 Å². The Morgan fingerprint density at radius 3 is 2.66 bits per heavy atom. The molecule has 1 unspecified atom stereocenters. The second-order valence-corrected chi connectivity index (χ2v) is 8.57. The number of aromatic nitrogens is 3. The van der Waals surface area contributed by atoms with Crippen molar-refractivity contribution in [2.45, 2.75) is 50.6 Å². The molecule has 4 rings (SSSR count). The Morgan fingerprint density at radius 1 is 1.19 bits per heavy atom. The van der Waals surface area contributed by atoms with Gasteiger partial charge in [-0.2, -0.15) is 5.10 Å². The molecule has 2 fully saturated rings. The quantitative estimate of drug-likeness (QED) is 0.641. The molecule has 32 heavy (non-hydrogen) atoms. The fourth-order valence-electron chi connectivity index (χ4n) is 4.30. The van der Waals surface area contributed by atoms with E-state index in [0.29, 0.717) is 26.2 Å². The molecule has 1 aliphatic carbocycles. The zero-order chi connectivity index (χ0) is 22.5. The first-order valence-electron chi connectivity index (χ1n) is 11.4. The number of hydrogen-bond donors (Lipinski definition) is 1. The van der Waals surface area contributed by atoms with Crippen molar-refractivity contribution in [1.82, 2.24) is 24.6 Å². The summed E-state index contributed by atoms with van der Waals surface area (Å²) in [6.45, 7) is 2.79. The predicted molar refractivity (Wildman–Crippen MR) is 120 cm³/mol. The molecular formula is C23H33N5O4. The van der Waals surface area contributed by atoms with Gasteiger partial charge < -0.3 is 19.7 Å². The average molecular weight is 444 g/mol. The Labute approximate surface area is 188 Å². The zero-order valence-corrected chi connectivity index (χ0v) is 19.0. The predicted octanol–water partition coefficient (Wildman–Crippen LogP) is 2.17. The Morgan fingerprint density at radius 2 is 1.97 bits per heavy atom. The second kappa shape index (κ2) is 10.2. The first-order chi connectivity index (χ1) is 15.6. The summed E-state index contributed by atoms with van der Waals surface area (Å²) in [5.74, 6) is 1.73. The molecule has 1 aromatic heterocycles. The molecule has 2 amide bonds. The van der Waals surface area contributed by atoms with Gasteiger partial charge in [0.2, 0.25) is 0 Å². The number of rotatable bonds is 9. The highest BCUT2D eigenvalue weighted by Gasteiger charge is 2.35. The smallest absolute Gasteiger partial charge is 0.346 e. The largest absolute Gasteiger partial charge is 0.497 e. The number of ether oxygens (including phenoxy) is 2. The molecule has 1 atom stereocenters. The lowest BCUT2D eigenvalue weighted by molar-refractivity contribution is 0.176. The van der Waals surface area contributed by atoms with Crippen LogP contribution in [0.2, 0.25) is 0 Å². The van der Waals surface area contributed by atoms with E-state index in [0.717, 1.165) is 55.8 Å². The van der Waals surface area contributed by atoms with Crippen molar-refractivity contribution >= 4 is 6.03 Å². The van der Waals surface area contributed by atoms with Crippen LogP contribution in [0.15, 0.2) is 29.1 Å². The standard InChI is InChI=1S/C23H33N5O4/c1-31-15-14-27-23(30)28(19-7-8-19)21(25-27)18-4-3-13-26(16-18)22(29)24-12-11-17-5-9-20(32-2)10-6-17/h5-6,9-10,18-19H,3-4,7-8,11-16H2,1-2H3,(H,24,29). The van der Waals surface area contributed by atoms with Crippen LogP contribution < -0.4 is 15.7 Å². The first-order valence-corrected chi connectivity index (χ1v) is 11.4. The van der Waals surface area contributed by atoms with Gasteiger partial charge in [0, 0.05) is 38.7 Å². The van der Waals surface area contributed by atoms with Gasteiger partial charge in [-0.25, -0.2) is 14.3 Å². The third kappa shape index (κ3) is 5.15. The van der Waals surface area contributed by atoms with Crippen LogP contribution in [0, 0.1) is 0 Å². The Balaban J connectivity index is 1.36. The monoisotopic (exact) mass is 443 g/mol. The van der Waals surface area contributed by atoms with Gasteiger partial charge in [-0.05, 0) is 49.8 Å². The van der Waals surface area contributed by atoms with E-state index in [-0.39, 0.29) is 23.7 Å². The summed E-state index contributed by atoms with van der Waals surface area (Å²) in [5, 5.41) is 7.70. The molecule has 9 heteroatoms.